The average Bonchev–Trinajstić information content (AvgIpc) is 2.32. The zero-order chi connectivity index (χ0) is 13.0. The zero-order valence-corrected chi connectivity index (χ0v) is 11.9. The molecule has 0 heterocycles. The van der Waals surface area contributed by atoms with Crippen LogP contribution in [0, 0.1) is 5.92 Å². The Labute approximate surface area is 102 Å². The molecule has 2 nitrogen and oxygen atoms in total. The van der Waals surface area contributed by atoms with Crippen LogP contribution in [0.4, 0.5) is 0 Å². The van der Waals surface area contributed by atoms with Gasteiger partial charge in [-0.25, -0.2) is 0 Å². The first-order valence-electron chi connectivity index (χ1n) is 6.44. The van der Waals surface area contributed by atoms with Gasteiger partial charge in [0.25, 0.3) is 0 Å². The molecule has 0 aliphatic heterocycles. The van der Waals surface area contributed by atoms with Gasteiger partial charge >= 0.3 is 0 Å². The van der Waals surface area contributed by atoms with Crippen molar-refractivity contribution in [3.8, 4) is 0 Å². The second-order valence-corrected chi connectivity index (χ2v) is 3.52. The molecule has 0 bridgehead atoms. The lowest BCUT2D eigenvalue weighted by Gasteiger charge is -2.17. The minimum absolute atomic E-state index is 0.573. The van der Waals surface area contributed by atoms with Crippen molar-refractivity contribution in [2.75, 3.05) is 13.6 Å². The molecule has 0 rings (SSSR count). The number of hydrogen-bond donors (Lipinski definition) is 2. The van der Waals surface area contributed by atoms with Crippen LogP contribution >= 0.6 is 0 Å². The maximum absolute atomic E-state index is 5.58. The molecule has 16 heavy (non-hydrogen) atoms. The fourth-order valence-electron chi connectivity index (χ4n) is 1.75. The standard InChI is InChI=1S/C12H24N2.C2H6/c1-5-7-12(14-4)11(6-2)10(3)8-9-13;1-2/h5,7,10,14H,6,8-9,13H2,1-4H3;1-2H3/b7-5-,12-11-;. The van der Waals surface area contributed by atoms with E-state index in [1.165, 1.54) is 11.3 Å². The monoisotopic (exact) mass is 226 g/mol. The Bertz CT molecular complexity index is 205. The molecule has 96 valence electrons. The fourth-order valence-corrected chi connectivity index (χ4v) is 1.75. The van der Waals surface area contributed by atoms with Crippen LogP contribution in [-0.2, 0) is 0 Å². The van der Waals surface area contributed by atoms with Crippen LogP contribution in [0.2, 0.25) is 0 Å². The summed E-state index contributed by atoms with van der Waals surface area (Å²) < 4.78 is 0. The highest BCUT2D eigenvalue weighted by Gasteiger charge is 2.09. The fraction of sp³-hybridized carbons (Fsp3) is 0.714. The summed E-state index contributed by atoms with van der Waals surface area (Å²) in [5.41, 5.74) is 8.29. The van der Waals surface area contributed by atoms with E-state index in [1.807, 2.05) is 27.8 Å². The summed E-state index contributed by atoms with van der Waals surface area (Å²) in [6, 6.07) is 0. The molecule has 0 spiro atoms. The predicted molar refractivity (Wildman–Crippen MR) is 75.4 cm³/mol. The molecule has 0 fully saturated rings. The van der Waals surface area contributed by atoms with Crippen molar-refractivity contribution in [3.63, 3.8) is 0 Å². The summed E-state index contributed by atoms with van der Waals surface area (Å²) in [5.74, 6) is 0.573. The largest absolute Gasteiger partial charge is 0.388 e. The van der Waals surface area contributed by atoms with Crippen LogP contribution in [0.5, 0.6) is 0 Å². The zero-order valence-electron chi connectivity index (χ0n) is 11.9. The molecule has 0 aliphatic rings. The molecule has 0 aromatic rings. The quantitative estimate of drug-likeness (QED) is 0.681. The lowest BCUT2D eigenvalue weighted by atomic mass is 9.93. The molecule has 0 aliphatic carbocycles. The van der Waals surface area contributed by atoms with Gasteiger partial charge < -0.3 is 11.1 Å². The van der Waals surface area contributed by atoms with Crippen LogP contribution in [0.25, 0.3) is 0 Å². The van der Waals surface area contributed by atoms with E-state index in [0.717, 1.165) is 19.4 Å². The Balaban J connectivity index is 0. The molecule has 0 saturated carbocycles. The first-order valence-corrected chi connectivity index (χ1v) is 6.44. The van der Waals surface area contributed by atoms with Crippen LogP contribution in [-0.4, -0.2) is 13.6 Å². The first-order chi connectivity index (χ1) is 7.71. The molecule has 0 aromatic heterocycles. The highest BCUT2D eigenvalue weighted by atomic mass is 14.8. The molecule has 2 heteroatoms. The van der Waals surface area contributed by atoms with Gasteiger partial charge in [-0.15, -0.1) is 0 Å². The average molecular weight is 226 g/mol. The van der Waals surface area contributed by atoms with Crippen LogP contribution in [0.15, 0.2) is 23.4 Å². The maximum Gasteiger partial charge on any atom is 0.0328 e. The van der Waals surface area contributed by atoms with Crippen molar-refractivity contribution in [2.45, 2.75) is 47.5 Å². The second kappa shape index (κ2) is 12.3. The minimum atomic E-state index is 0.573. The first kappa shape index (κ1) is 17.6. The lowest BCUT2D eigenvalue weighted by molar-refractivity contribution is 0.595. The van der Waals surface area contributed by atoms with Gasteiger partial charge in [0.05, 0.1) is 0 Å². The van der Waals surface area contributed by atoms with Gasteiger partial charge in [-0.2, -0.15) is 0 Å². The van der Waals surface area contributed by atoms with E-state index in [-0.39, 0.29) is 0 Å². The Hall–Kier alpha value is -0.760. The van der Waals surface area contributed by atoms with Gasteiger partial charge in [0.15, 0.2) is 0 Å². The van der Waals surface area contributed by atoms with Crippen molar-refractivity contribution in [2.24, 2.45) is 11.7 Å². The van der Waals surface area contributed by atoms with E-state index in [2.05, 4.69) is 31.3 Å². The maximum atomic E-state index is 5.58. The second-order valence-electron chi connectivity index (χ2n) is 3.52. The third-order valence-corrected chi connectivity index (χ3v) is 2.52. The van der Waals surface area contributed by atoms with Crippen molar-refractivity contribution >= 4 is 0 Å². The van der Waals surface area contributed by atoms with E-state index in [4.69, 9.17) is 5.73 Å². The Morgan fingerprint density at radius 1 is 1.38 bits per heavy atom. The van der Waals surface area contributed by atoms with Crippen LogP contribution < -0.4 is 11.1 Å². The molecule has 0 radical (unpaired) electrons. The molecule has 1 atom stereocenters. The molecule has 0 amide bonds. The Morgan fingerprint density at radius 2 is 1.94 bits per heavy atom. The third kappa shape index (κ3) is 6.67. The number of allylic oxidation sites excluding steroid dienone is 3. The molecule has 0 saturated heterocycles. The molecule has 1 unspecified atom stereocenters. The van der Waals surface area contributed by atoms with E-state index < -0.39 is 0 Å². The Kier molecular flexibility index (Phi) is 13.6. The predicted octanol–water partition coefficient (Wildman–Crippen LogP) is 3.46. The van der Waals surface area contributed by atoms with Gasteiger partial charge in [0.1, 0.15) is 0 Å². The number of nitrogens with one attached hydrogen (secondary N) is 1. The van der Waals surface area contributed by atoms with Crippen molar-refractivity contribution in [1.82, 2.24) is 5.32 Å². The summed E-state index contributed by atoms with van der Waals surface area (Å²) in [7, 11) is 1.97. The summed E-state index contributed by atoms with van der Waals surface area (Å²) >= 11 is 0. The summed E-state index contributed by atoms with van der Waals surface area (Å²) in [5, 5.41) is 3.25. The van der Waals surface area contributed by atoms with Gasteiger partial charge in [-0.3, -0.25) is 0 Å². The van der Waals surface area contributed by atoms with Crippen LogP contribution in [0.3, 0.4) is 0 Å². The smallest absolute Gasteiger partial charge is 0.0328 e. The summed E-state index contributed by atoms with van der Waals surface area (Å²) in [6.07, 6.45) is 6.34. The number of likely N-dealkylation sites (N-methyl/N-ethyl adjacent to an activating group) is 1. The van der Waals surface area contributed by atoms with Gasteiger partial charge in [-0.05, 0) is 43.9 Å². The molecular formula is C14H30N2. The highest BCUT2D eigenvalue weighted by molar-refractivity contribution is 5.25. The SMILES string of the molecule is C/C=C\C(NC)=C(/CC)C(C)CCN.CC. The van der Waals surface area contributed by atoms with E-state index in [1.54, 1.807) is 0 Å². The van der Waals surface area contributed by atoms with E-state index in [9.17, 15) is 0 Å². The number of rotatable bonds is 6. The van der Waals surface area contributed by atoms with Gasteiger partial charge in [0, 0.05) is 12.7 Å². The lowest BCUT2D eigenvalue weighted by Crippen LogP contribution is -2.14. The molecule has 0 aromatic carbocycles. The van der Waals surface area contributed by atoms with Crippen LogP contribution in [0.1, 0.15) is 47.5 Å². The summed E-state index contributed by atoms with van der Waals surface area (Å²) in [4.78, 5) is 0. The van der Waals surface area contributed by atoms with Crippen molar-refractivity contribution < 1.29 is 0 Å². The van der Waals surface area contributed by atoms with Gasteiger partial charge in [-0.1, -0.05) is 33.8 Å². The number of hydrogen-bond acceptors (Lipinski definition) is 2. The van der Waals surface area contributed by atoms with Gasteiger partial charge in [0.2, 0.25) is 0 Å². The third-order valence-electron chi connectivity index (χ3n) is 2.52. The van der Waals surface area contributed by atoms with Crippen molar-refractivity contribution in [1.29, 1.82) is 0 Å². The minimum Gasteiger partial charge on any atom is -0.388 e. The van der Waals surface area contributed by atoms with E-state index >= 15 is 0 Å². The molecule has 3 N–H and O–H groups in total. The topological polar surface area (TPSA) is 38.0 Å². The summed E-state index contributed by atoms with van der Waals surface area (Å²) in [6.45, 7) is 11.2. The Morgan fingerprint density at radius 3 is 2.25 bits per heavy atom. The highest BCUT2D eigenvalue weighted by Crippen LogP contribution is 2.20. The normalized spacial score (nSPS) is 13.9. The number of nitrogens with two attached hydrogens (primary N) is 1. The van der Waals surface area contributed by atoms with Crippen molar-refractivity contribution in [3.05, 3.63) is 23.4 Å². The molecular weight excluding hydrogens is 196 g/mol. The van der Waals surface area contributed by atoms with E-state index in [0.29, 0.717) is 5.92 Å².